The molecule has 178 valence electrons. The van der Waals surface area contributed by atoms with Gasteiger partial charge in [-0.25, -0.2) is 9.99 Å². The number of amides is 2. The van der Waals surface area contributed by atoms with Gasteiger partial charge in [0.15, 0.2) is 5.41 Å². The number of nitrogens with zero attached hydrogens (tertiary/aromatic N) is 4. The molecule has 2 aromatic heterocycles. The maximum atomic E-state index is 14.3. The molecular weight excluding hydrogens is 454 g/mol. The summed E-state index contributed by atoms with van der Waals surface area (Å²) >= 11 is 0. The van der Waals surface area contributed by atoms with Gasteiger partial charge in [0.1, 0.15) is 11.5 Å². The molecule has 7 rings (SSSR count). The second kappa shape index (κ2) is 7.27. The molecule has 1 fully saturated rings. The predicted octanol–water partition coefficient (Wildman–Crippen LogP) is 2.73. The first kappa shape index (κ1) is 20.9. The summed E-state index contributed by atoms with van der Waals surface area (Å²) in [5.74, 6) is -0.189. The minimum absolute atomic E-state index is 0.0193. The summed E-state index contributed by atoms with van der Waals surface area (Å²) in [4.78, 5) is 49.0. The monoisotopic (exact) mass is 477 g/mol. The highest BCUT2D eigenvalue weighted by Gasteiger charge is 2.65. The quantitative estimate of drug-likeness (QED) is 0.426. The van der Waals surface area contributed by atoms with Gasteiger partial charge in [-0.1, -0.05) is 48.5 Å². The van der Waals surface area contributed by atoms with E-state index in [0.29, 0.717) is 29.3 Å². The van der Waals surface area contributed by atoms with E-state index >= 15 is 0 Å². The van der Waals surface area contributed by atoms with Gasteiger partial charge in [0.2, 0.25) is 0 Å². The number of hydrogen-bond acceptors (Lipinski definition) is 5. The highest BCUT2D eigenvalue weighted by molar-refractivity contribution is 6.19. The SMILES string of the molecule is Cc1cccn2c(=O)c3c(nc12)N1CCc2ccccc2[C@H]1[C@@]1(C3)C(=O)NN(c2ccccc2)C1=O. The van der Waals surface area contributed by atoms with Crippen molar-refractivity contribution in [3.63, 3.8) is 0 Å². The van der Waals surface area contributed by atoms with Crippen molar-refractivity contribution in [1.82, 2.24) is 14.8 Å². The van der Waals surface area contributed by atoms with Crippen molar-refractivity contribution < 1.29 is 9.59 Å². The van der Waals surface area contributed by atoms with Crippen LogP contribution in [0.5, 0.6) is 0 Å². The van der Waals surface area contributed by atoms with Crippen molar-refractivity contribution in [1.29, 1.82) is 0 Å². The largest absolute Gasteiger partial charge is 0.347 e. The molecule has 0 aliphatic carbocycles. The molecule has 0 bridgehead atoms. The van der Waals surface area contributed by atoms with Crippen LogP contribution in [0.1, 0.15) is 28.3 Å². The number of fused-ring (bicyclic) bond motifs is 7. The van der Waals surface area contributed by atoms with Gasteiger partial charge in [-0.05, 0) is 48.2 Å². The molecule has 2 aromatic carbocycles. The summed E-state index contributed by atoms with van der Waals surface area (Å²) in [5, 5.41) is 1.33. The minimum atomic E-state index is -1.50. The zero-order valence-electron chi connectivity index (χ0n) is 19.6. The van der Waals surface area contributed by atoms with E-state index in [4.69, 9.17) is 4.98 Å². The van der Waals surface area contributed by atoms with E-state index in [1.54, 1.807) is 24.4 Å². The number of carbonyl (C=O) groups excluding carboxylic acids is 2. The average Bonchev–Trinajstić information content (AvgIpc) is 3.15. The Balaban J connectivity index is 1.51. The van der Waals surface area contributed by atoms with E-state index in [-0.39, 0.29) is 17.9 Å². The number of pyridine rings is 1. The van der Waals surface area contributed by atoms with Gasteiger partial charge >= 0.3 is 0 Å². The smallest absolute Gasteiger partial charge is 0.264 e. The molecule has 1 spiro atoms. The summed E-state index contributed by atoms with van der Waals surface area (Å²) in [6.45, 7) is 2.48. The average molecular weight is 478 g/mol. The zero-order chi connectivity index (χ0) is 24.6. The normalized spacial score (nSPS) is 22.4. The lowest BCUT2D eigenvalue weighted by atomic mass is 9.66. The molecule has 3 aliphatic rings. The van der Waals surface area contributed by atoms with E-state index in [2.05, 4.69) is 11.5 Å². The Bertz CT molecular complexity index is 1650. The fourth-order valence-electron chi connectivity index (χ4n) is 6.12. The first-order valence-electron chi connectivity index (χ1n) is 12.1. The lowest BCUT2D eigenvalue weighted by molar-refractivity contribution is -0.137. The lowest BCUT2D eigenvalue weighted by Crippen LogP contribution is -2.57. The number of hydrazine groups is 1. The standard InChI is InChI=1S/C28H23N5O3/c1-17-8-7-14-32-23(17)29-24-21(25(32)34)16-28(22-20-12-6-5-9-18(20)13-15-31(22)24)26(35)30-33(27(28)36)19-10-3-2-4-11-19/h2-12,14,22H,13,15-16H2,1H3,(H,30,35)/t22-,28-/m0/s1. The van der Waals surface area contributed by atoms with E-state index in [9.17, 15) is 14.4 Å². The number of benzene rings is 2. The molecule has 2 amide bonds. The van der Waals surface area contributed by atoms with Crippen LogP contribution in [0.25, 0.3) is 5.65 Å². The molecule has 5 heterocycles. The summed E-state index contributed by atoms with van der Waals surface area (Å²) in [7, 11) is 0. The van der Waals surface area contributed by atoms with Crippen LogP contribution < -0.4 is 20.9 Å². The number of hydrogen-bond donors (Lipinski definition) is 1. The van der Waals surface area contributed by atoms with Gasteiger partial charge in [0, 0.05) is 19.2 Å². The Kier molecular flexibility index (Phi) is 4.22. The lowest BCUT2D eigenvalue weighted by Gasteiger charge is -2.49. The Labute approximate surface area is 206 Å². The molecule has 0 radical (unpaired) electrons. The second-order valence-corrected chi connectivity index (χ2v) is 9.71. The third-order valence-corrected chi connectivity index (χ3v) is 7.82. The summed E-state index contributed by atoms with van der Waals surface area (Å²) in [6.07, 6.45) is 2.40. The molecule has 2 atom stereocenters. The number of aromatic nitrogens is 2. The molecule has 36 heavy (non-hydrogen) atoms. The fraction of sp³-hybridized carbons (Fsp3) is 0.214. The van der Waals surface area contributed by atoms with Crippen LogP contribution in [0.15, 0.2) is 77.7 Å². The second-order valence-electron chi connectivity index (χ2n) is 9.71. The number of para-hydroxylation sites is 1. The van der Waals surface area contributed by atoms with Crippen LogP contribution in [-0.2, 0) is 22.4 Å². The van der Waals surface area contributed by atoms with Crippen LogP contribution in [0.3, 0.4) is 0 Å². The Morgan fingerprint density at radius 1 is 0.972 bits per heavy atom. The molecule has 0 saturated carbocycles. The highest BCUT2D eigenvalue weighted by atomic mass is 16.2. The van der Waals surface area contributed by atoms with Gasteiger partial charge < -0.3 is 4.90 Å². The third kappa shape index (κ3) is 2.58. The van der Waals surface area contributed by atoms with Gasteiger partial charge in [-0.2, -0.15) is 0 Å². The van der Waals surface area contributed by atoms with Crippen LogP contribution in [0, 0.1) is 12.3 Å². The third-order valence-electron chi connectivity index (χ3n) is 7.82. The summed E-state index contributed by atoms with van der Waals surface area (Å²) in [6, 6.07) is 20.2. The van der Waals surface area contributed by atoms with Gasteiger partial charge in [-0.3, -0.25) is 24.2 Å². The van der Waals surface area contributed by atoms with E-state index in [1.807, 2.05) is 54.3 Å². The Hall–Kier alpha value is -4.46. The van der Waals surface area contributed by atoms with Gasteiger partial charge in [0.05, 0.1) is 17.3 Å². The van der Waals surface area contributed by atoms with Crippen LogP contribution in [0.4, 0.5) is 11.5 Å². The van der Waals surface area contributed by atoms with Crippen molar-refractivity contribution in [2.24, 2.45) is 5.41 Å². The number of anilines is 2. The fourth-order valence-corrected chi connectivity index (χ4v) is 6.12. The highest BCUT2D eigenvalue weighted by Crippen LogP contribution is 2.53. The summed E-state index contributed by atoms with van der Waals surface area (Å²) in [5.41, 5.74) is 5.57. The van der Waals surface area contributed by atoms with Gasteiger partial charge in [-0.15, -0.1) is 0 Å². The van der Waals surface area contributed by atoms with Crippen LogP contribution in [-0.4, -0.2) is 27.7 Å². The van der Waals surface area contributed by atoms with Crippen molar-refractivity contribution in [3.8, 4) is 0 Å². The Morgan fingerprint density at radius 3 is 2.58 bits per heavy atom. The molecule has 1 N–H and O–H groups in total. The number of rotatable bonds is 1. The maximum Gasteiger partial charge on any atom is 0.264 e. The molecule has 0 unspecified atom stereocenters. The van der Waals surface area contributed by atoms with Crippen LogP contribution >= 0.6 is 0 Å². The molecule has 3 aliphatic heterocycles. The van der Waals surface area contributed by atoms with Crippen LogP contribution in [0.2, 0.25) is 0 Å². The minimum Gasteiger partial charge on any atom is -0.347 e. The topological polar surface area (TPSA) is 87.0 Å². The number of carbonyl (C=O) groups is 2. The maximum absolute atomic E-state index is 14.3. The first-order valence-corrected chi connectivity index (χ1v) is 12.1. The molecule has 8 nitrogen and oxygen atoms in total. The van der Waals surface area contributed by atoms with Crippen molar-refractivity contribution >= 4 is 29.0 Å². The first-order chi connectivity index (χ1) is 17.5. The number of nitrogens with one attached hydrogen (secondary N) is 1. The molecule has 1 saturated heterocycles. The van der Waals surface area contributed by atoms with E-state index < -0.39 is 17.4 Å². The van der Waals surface area contributed by atoms with Crippen molar-refractivity contribution in [2.75, 3.05) is 16.5 Å². The number of aryl methyl sites for hydroxylation is 1. The summed E-state index contributed by atoms with van der Waals surface area (Å²) < 4.78 is 1.52. The van der Waals surface area contributed by atoms with Crippen molar-refractivity contribution in [2.45, 2.75) is 25.8 Å². The Morgan fingerprint density at radius 2 is 1.75 bits per heavy atom. The molecule has 8 heteroatoms. The van der Waals surface area contributed by atoms with Gasteiger partial charge in [0.25, 0.3) is 17.4 Å². The van der Waals surface area contributed by atoms with E-state index in [0.717, 1.165) is 23.1 Å². The molecular formula is C28H23N5O3. The van der Waals surface area contributed by atoms with E-state index in [1.165, 1.54) is 9.41 Å². The predicted molar refractivity (Wildman–Crippen MR) is 135 cm³/mol. The van der Waals surface area contributed by atoms with Crippen molar-refractivity contribution in [3.05, 3.63) is 106 Å². The molecule has 4 aromatic rings. The zero-order valence-corrected chi connectivity index (χ0v) is 19.6.